The molecule has 0 aromatic heterocycles. The van der Waals surface area contributed by atoms with Crippen molar-refractivity contribution in [3.63, 3.8) is 0 Å². The monoisotopic (exact) mass is 174 g/mol. The van der Waals surface area contributed by atoms with E-state index >= 15 is 0 Å². The van der Waals surface area contributed by atoms with Gasteiger partial charge in [-0.05, 0) is 12.8 Å². The predicted octanol–water partition coefficient (Wildman–Crippen LogP) is 4.06. The van der Waals surface area contributed by atoms with Gasteiger partial charge in [-0.2, -0.15) is 12.6 Å². The molecule has 0 aromatic rings. The first kappa shape index (κ1) is 11.4. The van der Waals surface area contributed by atoms with Crippen LogP contribution in [0, 0.1) is 0 Å². The molecule has 0 spiro atoms. The van der Waals surface area contributed by atoms with Crippen molar-refractivity contribution in [3.8, 4) is 0 Å². The van der Waals surface area contributed by atoms with Crippen molar-refractivity contribution in [1.29, 1.82) is 0 Å². The molecule has 0 amide bonds. The van der Waals surface area contributed by atoms with Crippen LogP contribution in [-0.2, 0) is 0 Å². The molecule has 68 valence electrons. The van der Waals surface area contributed by atoms with Crippen LogP contribution in [0.3, 0.4) is 0 Å². The molecule has 0 N–H and O–H groups in total. The molecule has 0 rings (SSSR count). The zero-order chi connectivity index (χ0) is 8.53. The SMILES string of the molecule is CCCCCCC[C@@H](S)CC. The highest BCUT2D eigenvalue weighted by Gasteiger charge is 1.97. The maximum Gasteiger partial charge on any atom is 0.00141 e. The van der Waals surface area contributed by atoms with Crippen molar-refractivity contribution < 1.29 is 0 Å². The van der Waals surface area contributed by atoms with Crippen molar-refractivity contribution >= 4 is 12.6 Å². The maximum absolute atomic E-state index is 4.46. The van der Waals surface area contributed by atoms with E-state index in [4.69, 9.17) is 0 Å². The van der Waals surface area contributed by atoms with Crippen LogP contribution < -0.4 is 0 Å². The third-order valence-corrected chi connectivity index (χ3v) is 2.74. The highest BCUT2D eigenvalue weighted by molar-refractivity contribution is 7.80. The van der Waals surface area contributed by atoms with E-state index in [0.717, 1.165) is 0 Å². The predicted molar refractivity (Wildman–Crippen MR) is 56.4 cm³/mol. The molecule has 0 aliphatic carbocycles. The Kier molecular flexibility index (Phi) is 8.72. The zero-order valence-corrected chi connectivity index (χ0v) is 8.87. The third-order valence-electron chi connectivity index (χ3n) is 2.11. The Labute approximate surface area is 77.2 Å². The van der Waals surface area contributed by atoms with E-state index in [1.165, 1.54) is 44.9 Å². The summed E-state index contributed by atoms with van der Waals surface area (Å²) in [5, 5.41) is 0.650. The van der Waals surface area contributed by atoms with Crippen LogP contribution in [0.1, 0.15) is 58.8 Å². The minimum Gasteiger partial charge on any atom is -0.176 e. The minimum atomic E-state index is 0.650. The number of hydrogen-bond donors (Lipinski definition) is 1. The molecule has 0 saturated carbocycles. The summed E-state index contributed by atoms with van der Waals surface area (Å²) in [5.41, 5.74) is 0. The number of hydrogen-bond acceptors (Lipinski definition) is 1. The van der Waals surface area contributed by atoms with Crippen LogP contribution >= 0.6 is 12.6 Å². The fourth-order valence-electron chi connectivity index (χ4n) is 1.19. The highest BCUT2D eigenvalue weighted by atomic mass is 32.1. The maximum atomic E-state index is 4.46. The molecule has 1 heteroatoms. The van der Waals surface area contributed by atoms with E-state index in [-0.39, 0.29) is 0 Å². The summed E-state index contributed by atoms with van der Waals surface area (Å²) in [5.74, 6) is 0. The van der Waals surface area contributed by atoms with Gasteiger partial charge < -0.3 is 0 Å². The van der Waals surface area contributed by atoms with E-state index < -0.39 is 0 Å². The molecule has 0 unspecified atom stereocenters. The topological polar surface area (TPSA) is 0 Å². The van der Waals surface area contributed by atoms with Crippen molar-refractivity contribution in [3.05, 3.63) is 0 Å². The second kappa shape index (κ2) is 8.45. The first-order chi connectivity index (χ1) is 5.31. The standard InChI is InChI=1S/C10H22S/c1-3-5-6-7-8-9-10(11)4-2/h10-11H,3-9H2,1-2H3/t10-/m0/s1. The van der Waals surface area contributed by atoms with Crippen molar-refractivity contribution in [2.24, 2.45) is 0 Å². The lowest BCUT2D eigenvalue weighted by molar-refractivity contribution is 0.593. The zero-order valence-electron chi connectivity index (χ0n) is 7.97. The van der Waals surface area contributed by atoms with Gasteiger partial charge >= 0.3 is 0 Å². The normalized spacial score (nSPS) is 13.4. The molecule has 0 fully saturated rings. The van der Waals surface area contributed by atoms with E-state index in [2.05, 4.69) is 26.5 Å². The molecule has 0 heterocycles. The van der Waals surface area contributed by atoms with Gasteiger partial charge in [0.15, 0.2) is 0 Å². The molecule has 0 bridgehead atoms. The summed E-state index contributed by atoms with van der Waals surface area (Å²) in [6.07, 6.45) is 9.48. The van der Waals surface area contributed by atoms with E-state index in [1.54, 1.807) is 0 Å². The molecule has 0 nitrogen and oxygen atoms in total. The van der Waals surface area contributed by atoms with Crippen LogP contribution in [0.25, 0.3) is 0 Å². The summed E-state index contributed by atoms with van der Waals surface area (Å²) in [4.78, 5) is 0. The van der Waals surface area contributed by atoms with Gasteiger partial charge in [-0.3, -0.25) is 0 Å². The molecule has 0 aliphatic heterocycles. The molecule has 11 heavy (non-hydrogen) atoms. The smallest absolute Gasteiger partial charge is 0.00141 e. The second-order valence-electron chi connectivity index (χ2n) is 3.26. The Balaban J connectivity index is 2.89. The molecule has 0 saturated heterocycles. The van der Waals surface area contributed by atoms with Gasteiger partial charge in [-0.15, -0.1) is 0 Å². The van der Waals surface area contributed by atoms with Crippen molar-refractivity contribution in [2.75, 3.05) is 0 Å². The van der Waals surface area contributed by atoms with Gasteiger partial charge in [0.2, 0.25) is 0 Å². The highest BCUT2D eigenvalue weighted by Crippen LogP contribution is 2.12. The molecular formula is C10H22S. The summed E-state index contributed by atoms with van der Waals surface area (Å²) in [7, 11) is 0. The summed E-state index contributed by atoms with van der Waals surface area (Å²) in [6.45, 7) is 4.47. The summed E-state index contributed by atoms with van der Waals surface area (Å²) < 4.78 is 0. The lowest BCUT2D eigenvalue weighted by Gasteiger charge is -2.05. The van der Waals surface area contributed by atoms with Gasteiger partial charge in [-0.25, -0.2) is 0 Å². The fraction of sp³-hybridized carbons (Fsp3) is 1.00. The molecule has 0 radical (unpaired) electrons. The summed E-state index contributed by atoms with van der Waals surface area (Å²) in [6, 6.07) is 0. The Morgan fingerprint density at radius 2 is 1.64 bits per heavy atom. The quantitative estimate of drug-likeness (QED) is 0.437. The molecule has 0 aromatic carbocycles. The Morgan fingerprint density at radius 3 is 2.18 bits per heavy atom. The average Bonchev–Trinajstić information content (AvgIpc) is 2.04. The number of rotatable bonds is 7. The Morgan fingerprint density at radius 1 is 1.00 bits per heavy atom. The largest absolute Gasteiger partial charge is 0.176 e. The average molecular weight is 174 g/mol. The Bertz CT molecular complexity index is 71.3. The molecule has 1 atom stereocenters. The molecular weight excluding hydrogens is 152 g/mol. The van der Waals surface area contributed by atoms with Crippen LogP contribution in [0.5, 0.6) is 0 Å². The van der Waals surface area contributed by atoms with Gasteiger partial charge in [0.25, 0.3) is 0 Å². The van der Waals surface area contributed by atoms with Crippen LogP contribution in [0.4, 0.5) is 0 Å². The van der Waals surface area contributed by atoms with Gasteiger partial charge in [0.1, 0.15) is 0 Å². The fourth-order valence-corrected chi connectivity index (χ4v) is 1.37. The van der Waals surface area contributed by atoms with E-state index in [9.17, 15) is 0 Å². The molecule has 0 aliphatic rings. The summed E-state index contributed by atoms with van der Waals surface area (Å²) >= 11 is 4.46. The minimum absolute atomic E-state index is 0.650. The number of unbranched alkanes of at least 4 members (excludes halogenated alkanes) is 4. The number of thiol groups is 1. The van der Waals surface area contributed by atoms with Crippen LogP contribution in [-0.4, -0.2) is 5.25 Å². The second-order valence-corrected chi connectivity index (χ2v) is 4.00. The van der Waals surface area contributed by atoms with Crippen LogP contribution in [0.15, 0.2) is 0 Å². The first-order valence-corrected chi connectivity index (χ1v) is 5.51. The van der Waals surface area contributed by atoms with E-state index in [1.807, 2.05) is 0 Å². The third kappa shape index (κ3) is 8.25. The first-order valence-electron chi connectivity index (χ1n) is 4.99. The lowest BCUT2D eigenvalue weighted by Crippen LogP contribution is -1.95. The van der Waals surface area contributed by atoms with Gasteiger partial charge in [0.05, 0.1) is 0 Å². The van der Waals surface area contributed by atoms with Gasteiger partial charge in [0, 0.05) is 5.25 Å². The van der Waals surface area contributed by atoms with Gasteiger partial charge in [-0.1, -0.05) is 46.0 Å². The Hall–Kier alpha value is 0.350. The van der Waals surface area contributed by atoms with E-state index in [0.29, 0.717) is 5.25 Å². The van der Waals surface area contributed by atoms with Crippen molar-refractivity contribution in [2.45, 2.75) is 64.0 Å². The lowest BCUT2D eigenvalue weighted by atomic mass is 10.1. The van der Waals surface area contributed by atoms with Crippen LogP contribution in [0.2, 0.25) is 0 Å². The van der Waals surface area contributed by atoms with Crippen molar-refractivity contribution in [1.82, 2.24) is 0 Å².